The van der Waals surface area contributed by atoms with Crippen molar-refractivity contribution in [3.8, 4) is 0 Å². The summed E-state index contributed by atoms with van der Waals surface area (Å²) in [6.07, 6.45) is 6.56. The van der Waals surface area contributed by atoms with E-state index in [9.17, 15) is 4.79 Å². The molecule has 1 rings (SSSR count). The van der Waals surface area contributed by atoms with Gasteiger partial charge in [0, 0.05) is 11.5 Å². The second-order valence-electron chi connectivity index (χ2n) is 4.80. The van der Waals surface area contributed by atoms with Crippen LogP contribution < -0.4 is 5.43 Å². The van der Waals surface area contributed by atoms with Crippen molar-refractivity contribution in [1.82, 2.24) is 0 Å². The normalized spacial score (nSPS) is 11.7. The van der Waals surface area contributed by atoms with E-state index < -0.39 is 0 Å². The zero-order valence-electron chi connectivity index (χ0n) is 10.6. The summed E-state index contributed by atoms with van der Waals surface area (Å²) >= 11 is 0. The van der Waals surface area contributed by atoms with Crippen LogP contribution in [0, 0.1) is 0 Å². The summed E-state index contributed by atoms with van der Waals surface area (Å²) in [4.78, 5) is 12.0. The van der Waals surface area contributed by atoms with Crippen LogP contribution >= 0.6 is 0 Å². The zero-order chi connectivity index (χ0) is 13.1. The maximum atomic E-state index is 12.0. The molecule has 0 unspecified atom stereocenters. The fourth-order valence-electron chi connectivity index (χ4n) is 1.37. The molecule has 2 heteroatoms. The molecule has 0 spiro atoms. The van der Waals surface area contributed by atoms with Crippen LogP contribution in [0.3, 0.4) is 0 Å². The molecule has 0 fully saturated rings. The summed E-state index contributed by atoms with van der Waals surface area (Å²) < 4.78 is 5.70. The van der Waals surface area contributed by atoms with Gasteiger partial charge in [-0.05, 0) is 12.2 Å². The van der Waals surface area contributed by atoms with Crippen molar-refractivity contribution in [1.29, 1.82) is 0 Å². The van der Waals surface area contributed by atoms with Crippen LogP contribution in [-0.2, 0) is 5.41 Å². The van der Waals surface area contributed by atoms with Crippen molar-refractivity contribution >= 4 is 12.2 Å². The largest absolute Gasteiger partial charge is 0.460 e. The SMILES string of the molecule is C=C/C=C\c1c(C=C)oc(C(C)(C)C)cc1=O. The molecule has 0 aliphatic carbocycles. The van der Waals surface area contributed by atoms with Crippen LogP contribution in [0.2, 0.25) is 0 Å². The first kappa shape index (κ1) is 13.2. The molecule has 90 valence electrons. The van der Waals surface area contributed by atoms with Crippen molar-refractivity contribution < 1.29 is 4.42 Å². The van der Waals surface area contributed by atoms with Gasteiger partial charge in [-0.15, -0.1) is 0 Å². The van der Waals surface area contributed by atoms with Gasteiger partial charge in [-0.3, -0.25) is 4.79 Å². The second kappa shape index (κ2) is 5.00. The van der Waals surface area contributed by atoms with E-state index in [0.29, 0.717) is 17.1 Å². The lowest BCUT2D eigenvalue weighted by Crippen LogP contribution is -2.17. The van der Waals surface area contributed by atoms with Crippen molar-refractivity contribution in [3.05, 3.63) is 58.7 Å². The first-order valence-electron chi connectivity index (χ1n) is 5.50. The molecule has 0 amide bonds. The highest BCUT2D eigenvalue weighted by Crippen LogP contribution is 2.23. The Labute approximate surface area is 102 Å². The van der Waals surface area contributed by atoms with Gasteiger partial charge in [0.2, 0.25) is 0 Å². The summed E-state index contributed by atoms with van der Waals surface area (Å²) in [5.41, 5.74) is 0.250. The standard InChI is InChI=1S/C15H18O2/c1-6-8-9-11-12(16)10-14(15(3,4)5)17-13(11)7-2/h6-10H,1-2H2,3-5H3/b9-8-. The minimum absolute atomic E-state index is 0.0609. The quantitative estimate of drug-likeness (QED) is 0.740. The van der Waals surface area contributed by atoms with E-state index in [1.807, 2.05) is 20.8 Å². The molecule has 0 N–H and O–H groups in total. The van der Waals surface area contributed by atoms with Gasteiger partial charge in [-0.1, -0.05) is 46.1 Å². The summed E-state index contributed by atoms with van der Waals surface area (Å²) in [5.74, 6) is 1.16. The molecule has 0 aromatic carbocycles. The lowest BCUT2D eigenvalue weighted by molar-refractivity contribution is 0.390. The third-order valence-electron chi connectivity index (χ3n) is 2.34. The molecule has 0 aliphatic rings. The topological polar surface area (TPSA) is 30.2 Å². The van der Waals surface area contributed by atoms with Crippen molar-refractivity contribution in [2.75, 3.05) is 0 Å². The molecule has 0 bridgehead atoms. The van der Waals surface area contributed by atoms with Crippen LogP contribution in [0.1, 0.15) is 37.9 Å². The predicted molar refractivity (Wildman–Crippen MR) is 73.0 cm³/mol. The van der Waals surface area contributed by atoms with Crippen LogP contribution in [-0.4, -0.2) is 0 Å². The number of allylic oxidation sites excluding steroid dienone is 2. The predicted octanol–water partition coefficient (Wildman–Crippen LogP) is 3.78. The molecule has 17 heavy (non-hydrogen) atoms. The zero-order valence-corrected chi connectivity index (χ0v) is 10.6. The van der Waals surface area contributed by atoms with Gasteiger partial charge in [0.15, 0.2) is 5.43 Å². The molecule has 0 aliphatic heterocycles. The first-order valence-corrected chi connectivity index (χ1v) is 5.50. The van der Waals surface area contributed by atoms with E-state index in [2.05, 4.69) is 13.2 Å². The Bertz CT molecular complexity index is 511. The van der Waals surface area contributed by atoms with Gasteiger partial charge in [-0.2, -0.15) is 0 Å². The van der Waals surface area contributed by atoms with Crippen molar-refractivity contribution in [2.45, 2.75) is 26.2 Å². The Morgan fingerprint density at radius 1 is 1.29 bits per heavy atom. The average molecular weight is 230 g/mol. The fourth-order valence-corrected chi connectivity index (χ4v) is 1.37. The highest BCUT2D eigenvalue weighted by molar-refractivity contribution is 5.61. The Morgan fingerprint density at radius 2 is 1.94 bits per heavy atom. The Balaban J connectivity index is 3.46. The number of hydrogen-bond acceptors (Lipinski definition) is 2. The van der Waals surface area contributed by atoms with E-state index in [0.717, 1.165) is 0 Å². The maximum Gasteiger partial charge on any atom is 0.192 e. The lowest BCUT2D eigenvalue weighted by Gasteiger charge is -2.17. The van der Waals surface area contributed by atoms with Gasteiger partial charge < -0.3 is 4.42 Å². The Morgan fingerprint density at radius 3 is 2.41 bits per heavy atom. The lowest BCUT2D eigenvalue weighted by atomic mass is 9.92. The molecule has 2 nitrogen and oxygen atoms in total. The monoisotopic (exact) mass is 230 g/mol. The van der Waals surface area contributed by atoms with Crippen molar-refractivity contribution in [2.24, 2.45) is 0 Å². The number of hydrogen-bond donors (Lipinski definition) is 0. The van der Waals surface area contributed by atoms with E-state index >= 15 is 0 Å². The van der Waals surface area contributed by atoms with Gasteiger partial charge >= 0.3 is 0 Å². The van der Waals surface area contributed by atoms with Crippen LogP contribution in [0.5, 0.6) is 0 Å². The second-order valence-corrected chi connectivity index (χ2v) is 4.80. The molecule has 0 atom stereocenters. The number of rotatable bonds is 3. The summed E-state index contributed by atoms with van der Waals surface area (Å²) in [5, 5.41) is 0. The highest BCUT2D eigenvalue weighted by Gasteiger charge is 2.19. The minimum Gasteiger partial charge on any atom is -0.460 e. The maximum absolute atomic E-state index is 12.0. The van der Waals surface area contributed by atoms with E-state index in [1.165, 1.54) is 6.07 Å². The molecular weight excluding hydrogens is 212 g/mol. The Hall–Kier alpha value is -1.83. The molecule has 1 heterocycles. The average Bonchev–Trinajstić information content (AvgIpc) is 2.25. The van der Waals surface area contributed by atoms with Gasteiger partial charge in [-0.25, -0.2) is 0 Å². The van der Waals surface area contributed by atoms with Crippen LogP contribution in [0.4, 0.5) is 0 Å². The minimum atomic E-state index is -0.197. The van der Waals surface area contributed by atoms with Gasteiger partial charge in [0.1, 0.15) is 11.5 Å². The van der Waals surface area contributed by atoms with Crippen LogP contribution in [0.15, 0.2) is 40.6 Å². The smallest absolute Gasteiger partial charge is 0.192 e. The first-order chi connectivity index (χ1) is 7.90. The third-order valence-corrected chi connectivity index (χ3v) is 2.34. The third kappa shape index (κ3) is 3.06. The molecule has 0 radical (unpaired) electrons. The van der Waals surface area contributed by atoms with E-state index in [1.54, 1.807) is 24.3 Å². The summed E-state index contributed by atoms with van der Waals surface area (Å²) in [7, 11) is 0. The van der Waals surface area contributed by atoms with Gasteiger partial charge in [0.25, 0.3) is 0 Å². The Kier molecular flexibility index (Phi) is 3.89. The van der Waals surface area contributed by atoms with E-state index in [-0.39, 0.29) is 10.8 Å². The van der Waals surface area contributed by atoms with E-state index in [4.69, 9.17) is 4.42 Å². The molecule has 0 saturated carbocycles. The molecule has 1 aromatic rings. The summed E-state index contributed by atoms with van der Waals surface area (Å²) in [6.45, 7) is 13.2. The summed E-state index contributed by atoms with van der Waals surface area (Å²) in [6, 6.07) is 1.54. The molecule has 1 aromatic heterocycles. The molecule has 0 saturated heterocycles. The fraction of sp³-hybridized carbons (Fsp3) is 0.267. The molecular formula is C15H18O2. The highest BCUT2D eigenvalue weighted by atomic mass is 16.3. The van der Waals surface area contributed by atoms with Crippen molar-refractivity contribution in [3.63, 3.8) is 0 Å². The van der Waals surface area contributed by atoms with Crippen LogP contribution in [0.25, 0.3) is 12.2 Å². The van der Waals surface area contributed by atoms with Gasteiger partial charge in [0.05, 0.1) is 5.56 Å².